The summed E-state index contributed by atoms with van der Waals surface area (Å²) in [6.45, 7) is 10.0. The molecule has 150 valence electrons. The maximum absolute atomic E-state index is 11.9. The van der Waals surface area contributed by atoms with Crippen molar-refractivity contribution in [2.45, 2.75) is 46.0 Å². The van der Waals surface area contributed by atoms with E-state index < -0.39 is 5.97 Å². The normalized spacial score (nSPS) is 11.2. The van der Waals surface area contributed by atoms with E-state index in [4.69, 9.17) is 9.47 Å². The largest absolute Gasteiger partial charge is 0.482 e. The first-order valence-electron chi connectivity index (χ1n) is 9.44. The van der Waals surface area contributed by atoms with Crippen LogP contribution in [0.3, 0.4) is 0 Å². The van der Waals surface area contributed by atoms with Crippen LogP contribution in [0, 0.1) is 0 Å². The Kier molecular flexibility index (Phi) is 7.21. The van der Waals surface area contributed by atoms with Gasteiger partial charge in [0.1, 0.15) is 5.75 Å². The fourth-order valence-electron chi connectivity index (χ4n) is 2.53. The van der Waals surface area contributed by atoms with Crippen LogP contribution in [-0.4, -0.2) is 25.1 Å². The number of hydrogen-bond acceptors (Lipinski definition) is 4. The minimum absolute atomic E-state index is 0.0555. The Hall–Kier alpha value is -2.82. The summed E-state index contributed by atoms with van der Waals surface area (Å²) in [6.07, 6.45) is 0. The molecular weight excluding hydrogens is 354 g/mol. The smallest absolute Gasteiger partial charge is 0.344 e. The predicted octanol–water partition coefficient (Wildman–Crippen LogP) is 4.67. The van der Waals surface area contributed by atoms with Crippen LogP contribution in [0.4, 0.5) is 5.69 Å². The van der Waals surface area contributed by atoms with Crippen LogP contribution in [-0.2, 0) is 19.7 Å². The molecule has 1 N–H and O–H groups in total. The molecule has 0 atom stereocenters. The van der Waals surface area contributed by atoms with Gasteiger partial charge in [-0.15, -0.1) is 0 Å². The lowest BCUT2D eigenvalue weighted by Crippen LogP contribution is -2.23. The fourth-order valence-corrected chi connectivity index (χ4v) is 2.53. The van der Waals surface area contributed by atoms with Gasteiger partial charge in [-0.3, -0.25) is 4.79 Å². The van der Waals surface area contributed by atoms with Crippen molar-refractivity contribution in [2.75, 3.05) is 18.5 Å². The van der Waals surface area contributed by atoms with Crippen molar-refractivity contribution in [3.05, 3.63) is 59.7 Å². The van der Waals surface area contributed by atoms with Crippen molar-refractivity contribution < 1.29 is 19.1 Å². The molecule has 2 aromatic rings. The van der Waals surface area contributed by atoms with Gasteiger partial charge in [0.2, 0.25) is 0 Å². The van der Waals surface area contributed by atoms with Crippen LogP contribution < -0.4 is 10.1 Å². The summed E-state index contributed by atoms with van der Waals surface area (Å²) in [5.41, 5.74) is 3.10. The summed E-state index contributed by atoms with van der Waals surface area (Å²) in [7, 11) is 0. The molecule has 0 radical (unpaired) electrons. The van der Waals surface area contributed by atoms with E-state index in [9.17, 15) is 9.59 Å². The minimum atomic E-state index is -0.592. The van der Waals surface area contributed by atoms with Crippen LogP contribution in [0.15, 0.2) is 48.5 Å². The summed E-state index contributed by atoms with van der Waals surface area (Å²) in [4.78, 5) is 23.7. The standard InChI is InChI=1S/C23H29NO4/c1-16(2)17-6-10-19(11-7-17)24-21(25)14-28-22(26)15-27-20-12-8-18(9-13-20)23(3,4)5/h6-13,16H,14-15H2,1-5H3,(H,24,25). The predicted molar refractivity (Wildman–Crippen MR) is 111 cm³/mol. The number of ether oxygens (including phenoxy) is 2. The highest BCUT2D eigenvalue weighted by Gasteiger charge is 2.14. The van der Waals surface area contributed by atoms with Gasteiger partial charge in [-0.05, 0) is 46.7 Å². The summed E-state index contributed by atoms with van der Waals surface area (Å²) >= 11 is 0. The molecule has 0 aromatic heterocycles. The van der Waals surface area contributed by atoms with E-state index >= 15 is 0 Å². The van der Waals surface area contributed by atoms with Crippen molar-refractivity contribution in [1.29, 1.82) is 0 Å². The summed E-state index contributed by atoms with van der Waals surface area (Å²) in [5, 5.41) is 2.70. The summed E-state index contributed by atoms with van der Waals surface area (Å²) in [5.74, 6) is 0.0281. The first-order chi connectivity index (χ1) is 13.1. The van der Waals surface area contributed by atoms with E-state index in [0.717, 1.165) is 0 Å². The second-order valence-corrected chi connectivity index (χ2v) is 8.05. The van der Waals surface area contributed by atoms with Gasteiger partial charge in [-0.1, -0.05) is 58.9 Å². The van der Waals surface area contributed by atoms with Crippen molar-refractivity contribution in [3.8, 4) is 5.75 Å². The number of rotatable bonds is 7. The van der Waals surface area contributed by atoms with Crippen LogP contribution >= 0.6 is 0 Å². The van der Waals surface area contributed by atoms with Crippen molar-refractivity contribution in [1.82, 2.24) is 0 Å². The van der Waals surface area contributed by atoms with Crippen LogP contribution in [0.5, 0.6) is 5.75 Å². The third-order valence-electron chi connectivity index (χ3n) is 4.30. The van der Waals surface area contributed by atoms with Crippen molar-refractivity contribution >= 4 is 17.6 Å². The van der Waals surface area contributed by atoms with Crippen molar-refractivity contribution in [3.63, 3.8) is 0 Å². The second kappa shape index (κ2) is 9.40. The van der Waals surface area contributed by atoms with E-state index in [0.29, 0.717) is 17.4 Å². The molecular formula is C23H29NO4. The number of carbonyl (C=O) groups is 2. The van der Waals surface area contributed by atoms with Crippen LogP contribution in [0.1, 0.15) is 51.7 Å². The molecule has 0 saturated heterocycles. The average Bonchev–Trinajstić information content (AvgIpc) is 2.64. The van der Waals surface area contributed by atoms with Gasteiger partial charge in [-0.2, -0.15) is 0 Å². The number of hydrogen-bond donors (Lipinski definition) is 1. The van der Waals surface area contributed by atoms with Gasteiger partial charge in [0.15, 0.2) is 13.2 Å². The third kappa shape index (κ3) is 6.72. The lowest BCUT2D eigenvalue weighted by atomic mass is 9.87. The Morgan fingerprint density at radius 1 is 0.929 bits per heavy atom. The molecule has 0 unspecified atom stereocenters. The lowest BCUT2D eigenvalue weighted by Gasteiger charge is -2.19. The molecule has 0 fully saturated rings. The monoisotopic (exact) mass is 383 g/mol. The second-order valence-electron chi connectivity index (χ2n) is 8.05. The molecule has 28 heavy (non-hydrogen) atoms. The molecule has 5 nitrogen and oxygen atoms in total. The first kappa shape index (κ1) is 21.5. The molecule has 0 spiro atoms. The van der Waals surface area contributed by atoms with Gasteiger partial charge >= 0.3 is 5.97 Å². The first-order valence-corrected chi connectivity index (χ1v) is 9.44. The third-order valence-corrected chi connectivity index (χ3v) is 4.30. The minimum Gasteiger partial charge on any atom is -0.482 e. The lowest BCUT2D eigenvalue weighted by molar-refractivity contribution is -0.149. The topological polar surface area (TPSA) is 64.6 Å². The molecule has 2 aromatic carbocycles. The van der Waals surface area contributed by atoms with E-state index in [1.807, 2.05) is 48.5 Å². The van der Waals surface area contributed by atoms with Gasteiger partial charge in [0.25, 0.3) is 5.91 Å². The van der Waals surface area contributed by atoms with Crippen molar-refractivity contribution in [2.24, 2.45) is 0 Å². The molecule has 0 aliphatic heterocycles. The zero-order valence-electron chi connectivity index (χ0n) is 17.2. The van der Waals surface area contributed by atoms with Gasteiger partial charge in [-0.25, -0.2) is 4.79 Å². The number of nitrogens with one attached hydrogen (secondary N) is 1. The van der Waals surface area contributed by atoms with E-state index in [1.54, 1.807) is 0 Å². The number of carbonyl (C=O) groups excluding carboxylic acids is 2. The Bertz CT molecular complexity index is 787. The average molecular weight is 383 g/mol. The number of benzene rings is 2. The number of amides is 1. The highest BCUT2D eigenvalue weighted by molar-refractivity contribution is 5.92. The van der Waals surface area contributed by atoms with Crippen LogP contribution in [0.2, 0.25) is 0 Å². The summed E-state index contributed by atoms with van der Waals surface area (Å²) in [6, 6.07) is 15.2. The van der Waals surface area contributed by atoms with Gasteiger partial charge in [0.05, 0.1) is 0 Å². The summed E-state index contributed by atoms with van der Waals surface area (Å²) < 4.78 is 10.4. The number of anilines is 1. The Balaban J connectivity index is 1.73. The molecule has 0 aliphatic rings. The Morgan fingerprint density at radius 3 is 2.07 bits per heavy atom. The zero-order chi connectivity index (χ0) is 20.7. The molecule has 5 heteroatoms. The quantitative estimate of drug-likeness (QED) is 0.706. The highest BCUT2D eigenvalue weighted by atomic mass is 16.6. The van der Waals surface area contributed by atoms with Crippen LogP contribution in [0.25, 0.3) is 0 Å². The Morgan fingerprint density at radius 2 is 1.54 bits per heavy atom. The number of esters is 1. The molecule has 0 heterocycles. The Labute approximate surface area is 167 Å². The molecule has 2 rings (SSSR count). The fraction of sp³-hybridized carbons (Fsp3) is 0.391. The van der Waals surface area contributed by atoms with E-state index in [1.165, 1.54) is 11.1 Å². The SMILES string of the molecule is CC(C)c1ccc(NC(=O)COC(=O)COc2ccc(C(C)(C)C)cc2)cc1. The molecule has 0 aliphatic carbocycles. The highest BCUT2D eigenvalue weighted by Crippen LogP contribution is 2.24. The molecule has 0 saturated carbocycles. The zero-order valence-corrected chi connectivity index (χ0v) is 17.2. The van der Waals surface area contributed by atoms with E-state index in [-0.39, 0.29) is 24.5 Å². The van der Waals surface area contributed by atoms with E-state index in [2.05, 4.69) is 39.9 Å². The molecule has 0 bridgehead atoms. The van der Waals surface area contributed by atoms with Gasteiger partial charge in [0, 0.05) is 5.69 Å². The van der Waals surface area contributed by atoms with Gasteiger partial charge < -0.3 is 14.8 Å². The molecule has 1 amide bonds. The maximum atomic E-state index is 11.9. The maximum Gasteiger partial charge on any atom is 0.344 e.